The number of benzene rings is 1. The van der Waals surface area contributed by atoms with Gasteiger partial charge in [-0.1, -0.05) is 0 Å². The first-order chi connectivity index (χ1) is 9.05. The number of hydrogen-bond donors (Lipinski definition) is 1. The molecule has 1 aromatic carbocycles. The molecule has 1 heterocycles. The SMILES string of the molecule is CCOc1ccc(S(=O)(=O)N2CCNCC2)cc1Br.Cl. The summed E-state index contributed by atoms with van der Waals surface area (Å²) in [7, 11) is -3.41. The van der Waals surface area contributed by atoms with E-state index in [0.717, 1.165) is 0 Å². The molecule has 5 nitrogen and oxygen atoms in total. The standard InChI is InChI=1S/C12H17BrN2O3S.ClH/c1-2-18-12-4-3-10(9-11(12)13)19(16,17)15-7-5-14-6-8-15;/h3-4,9,14H,2,5-8H2,1H3;1H. The first kappa shape index (κ1) is 17.7. The minimum absolute atomic E-state index is 0. The second kappa shape index (κ2) is 7.61. The molecule has 0 bridgehead atoms. The number of nitrogens with zero attached hydrogens (tertiary/aromatic N) is 1. The molecular weight excluding hydrogens is 368 g/mol. The van der Waals surface area contributed by atoms with Gasteiger partial charge in [-0.05, 0) is 41.1 Å². The lowest BCUT2D eigenvalue weighted by atomic mass is 10.3. The van der Waals surface area contributed by atoms with Crippen molar-refractivity contribution in [3.63, 3.8) is 0 Å². The molecule has 0 aromatic heterocycles. The fraction of sp³-hybridized carbons (Fsp3) is 0.500. The summed E-state index contributed by atoms with van der Waals surface area (Å²) in [5, 5.41) is 3.14. The molecule has 0 aliphatic carbocycles. The van der Waals surface area contributed by atoms with Gasteiger partial charge in [0, 0.05) is 26.2 Å². The van der Waals surface area contributed by atoms with Gasteiger partial charge < -0.3 is 10.1 Å². The summed E-state index contributed by atoms with van der Waals surface area (Å²) >= 11 is 3.34. The van der Waals surface area contributed by atoms with Crippen molar-refractivity contribution < 1.29 is 13.2 Å². The van der Waals surface area contributed by atoms with Crippen molar-refractivity contribution in [2.24, 2.45) is 0 Å². The number of ether oxygens (including phenoxy) is 1. The van der Waals surface area contributed by atoms with Crippen LogP contribution in [-0.2, 0) is 10.0 Å². The van der Waals surface area contributed by atoms with E-state index in [1.54, 1.807) is 18.2 Å². The molecule has 1 aliphatic heterocycles. The summed E-state index contributed by atoms with van der Waals surface area (Å²) in [5.41, 5.74) is 0. The van der Waals surface area contributed by atoms with Crippen LogP contribution in [0.5, 0.6) is 5.75 Å². The van der Waals surface area contributed by atoms with Gasteiger partial charge in [0.1, 0.15) is 5.75 Å². The Morgan fingerprint density at radius 1 is 1.35 bits per heavy atom. The van der Waals surface area contributed by atoms with Crippen LogP contribution in [0.2, 0.25) is 0 Å². The monoisotopic (exact) mass is 384 g/mol. The fourth-order valence-electron chi connectivity index (χ4n) is 1.95. The van der Waals surface area contributed by atoms with E-state index in [4.69, 9.17) is 4.74 Å². The molecule has 1 aromatic rings. The molecule has 1 saturated heterocycles. The number of halogens is 2. The highest BCUT2D eigenvalue weighted by molar-refractivity contribution is 9.10. The Morgan fingerprint density at radius 2 is 2.00 bits per heavy atom. The van der Waals surface area contributed by atoms with Gasteiger partial charge in [0.05, 0.1) is 16.0 Å². The summed E-state index contributed by atoms with van der Waals surface area (Å²) in [6.07, 6.45) is 0. The maximum Gasteiger partial charge on any atom is 0.243 e. The predicted molar refractivity (Wildman–Crippen MR) is 84.2 cm³/mol. The minimum Gasteiger partial charge on any atom is -0.493 e. The maximum atomic E-state index is 12.4. The zero-order valence-electron chi connectivity index (χ0n) is 11.1. The highest BCUT2D eigenvalue weighted by Gasteiger charge is 2.26. The van der Waals surface area contributed by atoms with Gasteiger partial charge >= 0.3 is 0 Å². The fourth-order valence-corrected chi connectivity index (χ4v) is 4.06. The topological polar surface area (TPSA) is 58.6 Å². The number of piperazine rings is 1. The molecule has 0 unspecified atom stereocenters. The molecule has 1 N–H and O–H groups in total. The number of hydrogen-bond acceptors (Lipinski definition) is 4. The summed E-state index contributed by atoms with van der Waals surface area (Å²) in [6.45, 7) is 4.83. The highest BCUT2D eigenvalue weighted by atomic mass is 79.9. The Bertz CT molecular complexity index is 548. The lowest BCUT2D eigenvalue weighted by Crippen LogP contribution is -2.46. The van der Waals surface area contributed by atoms with Gasteiger partial charge in [-0.3, -0.25) is 0 Å². The van der Waals surface area contributed by atoms with Crippen LogP contribution in [0.1, 0.15) is 6.92 Å². The Morgan fingerprint density at radius 3 is 2.55 bits per heavy atom. The van der Waals surface area contributed by atoms with E-state index in [2.05, 4.69) is 21.2 Å². The number of rotatable bonds is 4. The zero-order chi connectivity index (χ0) is 13.9. The molecule has 20 heavy (non-hydrogen) atoms. The van der Waals surface area contributed by atoms with Gasteiger partial charge in [0.25, 0.3) is 0 Å². The Balaban J connectivity index is 0.00000200. The van der Waals surface area contributed by atoms with Crippen molar-refractivity contribution in [2.75, 3.05) is 32.8 Å². The first-order valence-electron chi connectivity index (χ1n) is 6.19. The van der Waals surface area contributed by atoms with Crippen LogP contribution in [-0.4, -0.2) is 45.5 Å². The van der Waals surface area contributed by atoms with Crippen LogP contribution >= 0.6 is 28.3 Å². The van der Waals surface area contributed by atoms with Crippen molar-refractivity contribution >= 4 is 38.4 Å². The van der Waals surface area contributed by atoms with Gasteiger partial charge in [-0.15, -0.1) is 12.4 Å². The summed E-state index contributed by atoms with van der Waals surface area (Å²) < 4.78 is 32.4. The third kappa shape index (κ3) is 3.85. The van der Waals surface area contributed by atoms with E-state index >= 15 is 0 Å². The first-order valence-corrected chi connectivity index (χ1v) is 8.42. The van der Waals surface area contributed by atoms with E-state index in [0.29, 0.717) is 47.9 Å². The van der Waals surface area contributed by atoms with Crippen LogP contribution in [0.3, 0.4) is 0 Å². The van der Waals surface area contributed by atoms with Gasteiger partial charge in [-0.2, -0.15) is 4.31 Å². The average Bonchev–Trinajstić information content (AvgIpc) is 2.42. The molecular formula is C12H18BrClN2O3S. The van der Waals surface area contributed by atoms with Crippen LogP contribution in [0.15, 0.2) is 27.6 Å². The van der Waals surface area contributed by atoms with Crippen molar-refractivity contribution in [1.82, 2.24) is 9.62 Å². The van der Waals surface area contributed by atoms with Crippen molar-refractivity contribution in [1.29, 1.82) is 0 Å². The van der Waals surface area contributed by atoms with Crippen LogP contribution in [0.25, 0.3) is 0 Å². The third-order valence-electron chi connectivity index (χ3n) is 2.92. The predicted octanol–water partition coefficient (Wildman–Crippen LogP) is 1.86. The van der Waals surface area contributed by atoms with Gasteiger partial charge in [0.2, 0.25) is 10.0 Å². The highest BCUT2D eigenvalue weighted by Crippen LogP contribution is 2.29. The molecule has 0 amide bonds. The van der Waals surface area contributed by atoms with Crippen molar-refractivity contribution in [2.45, 2.75) is 11.8 Å². The molecule has 0 atom stereocenters. The van der Waals surface area contributed by atoms with Gasteiger partial charge in [-0.25, -0.2) is 8.42 Å². The second-order valence-corrected chi connectivity index (χ2v) is 6.97. The molecule has 1 aliphatic rings. The Hall–Kier alpha value is -0.340. The quantitative estimate of drug-likeness (QED) is 0.859. The van der Waals surface area contributed by atoms with E-state index < -0.39 is 10.0 Å². The summed E-state index contributed by atoms with van der Waals surface area (Å²) in [5.74, 6) is 0.654. The Kier molecular flexibility index (Phi) is 6.74. The van der Waals surface area contributed by atoms with Crippen LogP contribution < -0.4 is 10.1 Å². The number of nitrogens with one attached hydrogen (secondary N) is 1. The lowest BCUT2D eigenvalue weighted by molar-refractivity contribution is 0.337. The lowest BCUT2D eigenvalue weighted by Gasteiger charge is -2.26. The van der Waals surface area contributed by atoms with Crippen LogP contribution in [0.4, 0.5) is 0 Å². The largest absolute Gasteiger partial charge is 0.493 e. The van der Waals surface area contributed by atoms with Gasteiger partial charge in [0.15, 0.2) is 0 Å². The molecule has 1 fully saturated rings. The van der Waals surface area contributed by atoms with Crippen molar-refractivity contribution in [3.05, 3.63) is 22.7 Å². The molecule has 114 valence electrons. The minimum atomic E-state index is -3.41. The van der Waals surface area contributed by atoms with E-state index in [1.165, 1.54) is 4.31 Å². The van der Waals surface area contributed by atoms with E-state index in [1.807, 2.05) is 6.92 Å². The maximum absolute atomic E-state index is 12.4. The zero-order valence-corrected chi connectivity index (χ0v) is 14.4. The molecule has 0 spiro atoms. The Labute approximate surface area is 134 Å². The van der Waals surface area contributed by atoms with Crippen molar-refractivity contribution in [3.8, 4) is 5.75 Å². The molecule has 2 rings (SSSR count). The smallest absolute Gasteiger partial charge is 0.243 e. The van der Waals surface area contributed by atoms with E-state index in [-0.39, 0.29) is 12.4 Å². The summed E-state index contributed by atoms with van der Waals surface area (Å²) in [4.78, 5) is 0.296. The molecule has 0 radical (unpaired) electrons. The average molecular weight is 386 g/mol. The van der Waals surface area contributed by atoms with E-state index in [9.17, 15) is 8.42 Å². The summed E-state index contributed by atoms with van der Waals surface area (Å²) in [6, 6.07) is 4.87. The third-order valence-corrected chi connectivity index (χ3v) is 5.43. The normalized spacial score (nSPS) is 16.5. The number of sulfonamides is 1. The second-order valence-electron chi connectivity index (χ2n) is 4.18. The van der Waals surface area contributed by atoms with Crippen LogP contribution in [0, 0.1) is 0 Å². The molecule has 8 heteroatoms. The molecule has 0 saturated carbocycles.